The standard InChI is InChI=1S/C11H17N3OS/c1-3-9(7-16-2)14-11(15)8-4-5-10(12)13-6-8/h4-6,9H,3,7H2,1-2H3,(H2,12,13)(H,14,15). The molecule has 0 aliphatic carbocycles. The van der Waals surface area contributed by atoms with Gasteiger partial charge in [0.2, 0.25) is 0 Å². The van der Waals surface area contributed by atoms with Gasteiger partial charge in [0.25, 0.3) is 5.91 Å². The molecule has 3 N–H and O–H groups in total. The van der Waals surface area contributed by atoms with Crippen molar-refractivity contribution in [2.24, 2.45) is 0 Å². The largest absolute Gasteiger partial charge is 0.384 e. The van der Waals surface area contributed by atoms with Gasteiger partial charge in [-0.1, -0.05) is 6.92 Å². The minimum atomic E-state index is -0.0894. The molecule has 1 unspecified atom stereocenters. The minimum absolute atomic E-state index is 0.0894. The zero-order chi connectivity index (χ0) is 12.0. The summed E-state index contributed by atoms with van der Waals surface area (Å²) in [6.45, 7) is 2.06. The van der Waals surface area contributed by atoms with Crippen molar-refractivity contribution < 1.29 is 4.79 Å². The molecule has 5 heteroatoms. The van der Waals surface area contributed by atoms with Gasteiger partial charge in [0.1, 0.15) is 5.82 Å². The van der Waals surface area contributed by atoms with Gasteiger partial charge in [-0.3, -0.25) is 4.79 Å². The molecule has 1 aromatic rings. The molecule has 4 nitrogen and oxygen atoms in total. The third-order valence-corrected chi connectivity index (χ3v) is 2.98. The van der Waals surface area contributed by atoms with E-state index >= 15 is 0 Å². The van der Waals surface area contributed by atoms with Gasteiger partial charge in [0.05, 0.1) is 5.56 Å². The quantitative estimate of drug-likeness (QED) is 0.817. The third kappa shape index (κ3) is 3.73. The van der Waals surface area contributed by atoms with Crippen molar-refractivity contribution in [3.8, 4) is 0 Å². The van der Waals surface area contributed by atoms with E-state index in [0.29, 0.717) is 11.4 Å². The number of carbonyl (C=O) groups excluding carboxylic acids is 1. The van der Waals surface area contributed by atoms with Crippen LogP contribution in [0.5, 0.6) is 0 Å². The van der Waals surface area contributed by atoms with Crippen LogP contribution >= 0.6 is 11.8 Å². The SMILES string of the molecule is CCC(CSC)NC(=O)c1ccc(N)nc1. The molecule has 88 valence electrons. The van der Waals surface area contributed by atoms with Crippen molar-refractivity contribution in [3.63, 3.8) is 0 Å². The van der Waals surface area contributed by atoms with E-state index in [4.69, 9.17) is 5.73 Å². The summed E-state index contributed by atoms with van der Waals surface area (Å²) < 4.78 is 0. The van der Waals surface area contributed by atoms with Crippen LogP contribution in [0.1, 0.15) is 23.7 Å². The maximum absolute atomic E-state index is 11.8. The smallest absolute Gasteiger partial charge is 0.253 e. The van der Waals surface area contributed by atoms with Crippen LogP contribution in [0.3, 0.4) is 0 Å². The summed E-state index contributed by atoms with van der Waals surface area (Å²) in [5.41, 5.74) is 6.01. The van der Waals surface area contributed by atoms with Crippen LogP contribution in [0.4, 0.5) is 5.82 Å². The Balaban J connectivity index is 2.60. The van der Waals surface area contributed by atoms with Gasteiger partial charge >= 0.3 is 0 Å². The Morgan fingerprint density at radius 3 is 2.88 bits per heavy atom. The lowest BCUT2D eigenvalue weighted by Gasteiger charge is -2.15. The summed E-state index contributed by atoms with van der Waals surface area (Å²) in [7, 11) is 0. The first-order chi connectivity index (χ1) is 7.67. The number of nitrogens with zero attached hydrogens (tertiary/aromatic N) is 1. The van der Waals surface area contributed by atoms with Gasteiger partial charge in [-0.25, -0.2) is 4.98 Å². The second-order valence-electron chi connectivity index (χ2n) is 3.51. The molecule has 0 aliphatic rings. The zero-order valence-corrected chi connectivity index (χ0v) is 10.4. The summed E-state index contributed by atoms with van der Waals surface area (Å²) >= 11 is 1.72. The van der Waals surface area contributed by atoms with Gasteiger partial charge in [-0.2, -0.15) is 11.8 Å². The fourth-order valence-corrected chi connectivity index (χ4v) is 1.99. The first-order valence-electron chi connectivity index (χ1n) is 5.18. The summed E-state index contributed by atoms with van der Waals surface area (Å²) in [6, 6.07) is 3.52. The number of nitrogens with one attached hydrogen (secondary N) is 1. The Morgan fingerprint density at radius 2 is 2.38 bits per heavy atom. The Labute approximate surface area is 100 Å². The average molecular weight is 239 g/mol. The van der Waals surface area contributed by atoms with Crippen LogP contribution in [0, 0.1) is 0 Å². The molecule has 1 aromatic heterocycles. The minimum Gasteiger partial charge on any atom is -0.384 e. The van der Waals surface area contributed by atoms with Crippen LogP contribution in [0.15, 0.2) is 18.3 Å². The number of carbonyl (C=O) groups is 1. The number of thioether (sulfide) groups is 1. The zero-order valence-electron chi connectivity index (χ0n) is 9.56. The number of anilines is 1. The highest BCUT2D eigenvalue weighted by molar-refractivity contribution is 7.98. The van der Waals surface area contributed by atoms with Crippen LogP contribution in [-0.4, -0.2) is 28.9 Å². The number of nitrogens with two attached hydrogens (primary N) is 1. The van der Waals surface area contributed by atoms with Crippen molar-refractivity contribution in [2.45, 2.75) is 19.4 Å². The highest BCUT2D eigenvalue weighted by Crippen LogP contribution is 2.05. The lowest BCUT2D eigenvalue weighted by Crippen LogP contribution is -2.36. The van der Waals surface area contributed by atoms with Crippen LogP contribution in [-0.2, 0) is 0 Å². The fourth-order valence-electron chi connectivity index (χ4n) is 1.27. The summed E-state index contributed by atoms with van der Waals surface area (Å²) in [5.74, 6) is 1.26. The van der Waals surface area contributed by atoms with Crippen molar-refractivity contribution in [1.82, 2.24) is 10.3 Å². The highest BCUT2D eigenvalue weighted by Gasteiger charge is 2.11. The first kappa shape index (κ1) is 12.8. The van der Waals surface area contributed by atoms with E-state index in [1.54, 1.807) is 23.9 Å². The molecule has 16 heavy (non-hydrogen) atoms. The van der Waals surface area contributed by atoms with Gasteiger partial charge in [0, 0.05) is 18.0 Å². The number of amides is 1. The predicted octanol–water partition coefficient (Wildman–Crippen LogP) is 1.54. The maximum Gasteiger partial charge on any atom is 0.253 e. The molecule has 1 rings (SSSR count). The molecule has 0 fully saturated rings. The summed E-state index contributed by atoms with van der Waals surface area (Å²) in [4.78, 5) is 15.7. The number of aromatic nitrogens is 1. The molecule has 0 saturated heterocycles. The molecule has 1 amide bonds. The summed E-state index contributed by atoms with van der Waals surface area (Å²) in [5, 5.41) is 2.96. The lowest BCUT2D eigenvalue weighted by atomic mass is 10.2. The Kier molecular flexibility index (Phi) is 5.11. The molecule has 1 atom stereocenters. The lowest BCUT2D eigenvalue weighted by molar-refractivity contribution is 0.0939. The topological polar surface area (TPSA) is 68.0 Å². The van der Waals surface area contributed by atoms with Gasteiger partial charge < -0.3 is 11.1 Å². The molecule has 0 aromatic carbocycles. The van der Waals surface area contributed by atoms with Crippen molar-refractivity contribution in [1.29, 1.82) is 0 Å². The molecule has 0 radical (unpaired) electrons. The molecular formula is C11H17N3OS. The molecule has 0 bridgehead atoms. The van der Waals surface area contributed by atoms with Crippen LogP contribution in [0.25, 0.3) is 0 Å². The van der Waals surface area contributed by atoms with Crippen molar-refractivity contribution in [2.75, 3.05) is 17.7 Å². The Hall–Kier alpha value is -1.23. The fraction of sp³-hybridized carbons (Fsp3) is 0.455. The van der Waals surface area contributed by atoms with E-state index in [2.05, 4.69) is 17.2 Å². The number of hydrogen-bond donors (Lipinski definition) is 2. The van der Waals surface area contributed by atoms with E-state index in [1.165, 1.54) is 6.20 Å². The van der Waals surface area contributed by atoms with Gasteiger partial charge in [-0.15, -0.1) is 0 Å². The van der Waals surface area contributed by atoms with Crippen molar-refractivity contribution >= 4 is 23.5 Å². The van der Waals surface area contributed by atoms with Gasteiger partial charge in [-0.05, 0) is 24.8 Å². The van der Waals surface area contributed by atoms with E-state index in [-0.39, 0.29) is 11.9 Å². The maximum atomic E-state index is 11.8. The number of hydrogen-bond acceptors (Lipinski definition) is 4. The number of rotatable bonds is 5. The van der Waals surface area contributed by atoms with Gasteiger partial charge in [0.15, 0.2) is 0 Å². The van der Waals surface area contributed by atoms with Crippen LogP contribution < -0.4 is 11.1 Å². The normalized spacial score (nSPS) is 12.1. The second-order valence-corrected chi connectivity index (χ2v) is 4.42. The van der Waals surface area contributed by atoms with E-state index in [9.17, 15) is 4.79 Å². The third-order valence-electron chi connectivity index (χ3n) is 2.24. The molecule has 0 saturated carbocycles. The number of pyridine rings is 1. The van der Waals surface area contributed by atoms with Crippen LogP contribution in [0.2, 0.25) is 0 Å². The molecule has 1 heterocycles. The van der Waals surface area contributed by atoms with E-state index < -0.39 is 0 Å². The second kappa shape index (κ2) is 6.37. The molecule has 0 aliphatic heterocycles. The Bertz CT molecular complexity index is 340. The Morgan fingerprint density at radius 1 is 1.62 bits per heavy atom. The predicted molar refractivity (Wildman–Crippen MR) is 68.6 cm³/mol. The first-order valence-corrected chi connectivity index (χ1v) is 6.58. The number of nitrogen functional groups attached to an aromatic ring is 1. The molecular weight excluding hydrogens is 222 g/mol. The monoisotopic (exact) mass is 239 g/mol. The summed E-state index contributed by atoms with van der Waals surface area (Å²) in [6.07, 6.45) is 4.45. The average Bonchev–Trinajstić information content (AvgIpc) is 2.29. The van der Waals surface area contributed by atoms with Crippen molar-refractivity contribution in [3.05, 3.63) is 23.9 Å². The van der Waals surface area contributed by atoms with E-state index in [0.717, 1.165) is 12.2 Å². The molecule has 0 spiro atoms. The highest BCUT2D eigenvalue weighted by atomic mass is 32.2. The van der Waals surface area contributed by atoms with E-state index in [1.807, 2.05) is 6.26 Å².